The summed E-state index contributed by atoms with van der Waals surface area (Å²) in [6.45, 7) is 6.53. The summed E-state index contributed by atoms with van der Waals surface area (Å²) in [7, 11) is 0. The first-order valence-electron chi connectivity index (χ1n) is 7.49. The third kappa shape index (κ3) is 2.86. The van der Waals surface area contributed by atoms with Gasteiger partial charge in [-0.05, 0) is 32.0 Å². The molecule has 0 radical (unpaired) electrons. The van der Waals surface area contributed by atoms with Crippen molar-refractivity contribution >= 4 is 17.3 Å². The first-order chi connectivity index (χ1) is 11.0. The molecule has 0 spiro atoms. The van der Waals surface area contributed by atoms with Crippen molar-refractivity contribution in [2.45, 2.75) is 13.8 Å². The van der Waals surface area contributed by atoms with Gasteiger partial charge in [-0.3, -0.25) is 4.79 Å². The molecule has 1 saturated heterocycles. The van der Waals surface area contributed by atoms with E-state index in [4.69, 9.17) is 10.3 Å². The number of nitrogens with two attached hydrogens (primary N) is 1. The van der Waals surface area contributed by atoms with E-state index in [2.05, 4.69) is 10.1 Å². The molecule has 6 nitrogen and oxygen atoms in total. The number of anilines is 2. The summed E-state index contributed by atoms with van der Waals surface area (Å²) in [6, 6.07) is 4.21. The lowest BCUT2D eigenvalue weighted by atomic mass is 10.1. The van der Waals surface area contributed by atoms with E-state index in [1.165, 1.54) is 18.2 Å². The molecule has 7 heteroatoms. The Bertz CT molecular complexity index is 716. The van der Waals surface area contributed by atoms with Crippen LogP contribution in [-0.2, 0) is 0 Å². The number of carbonyl (C=O) groups excluding carboxylic acids is 1. The second kappa shape index (κ2) is 5.91. The molecule has 2 aromatic rings. The van der Waals surface area contributed by atoms with Gasteiger partial charge in [0.25, 0.3) is 0 Å². The third-order valence-electron chi connectivity index (χ3n) is 4.16. The van der Waals surface area contributed by atoms with E-state index in [0.717, 1.165) is 30.2 Å². The van der Waals surface area contributed by atoms with Crippen molar-refractivity contribution in [3.05, 3.63) is 41.0 Å². The van der Waals surface area contributed by atoms with E-state index in [1.54, 1.807) is 0 Å². The summed E-state index contributed by atoms with van der Waals surface area (Å²) in [5, 5.41) is 3.97. The Balaban J connectivity index is 1.77. The Morgan fingerprint density at radius 2 is 1.87 bits per heavy atom. The summed E-state index contributed by atoms with van der Waals surface area (Å²) in [4.78, 5) is 15.4. The van der Waals surface area contributed by atoms with Gasteiger partial charge in [0.15, 0.2) is 5.76 Å². The van der Waals surface area contributed by atoms with Gasteiger partial charge in [0.05, 0.1) is 5.69 Å². The SMILES string of the molecule is Cc1noc(C)c1N1CCN(c2cc(C(N)=O)ccc2F)CC1. The molecular formula is C16H19FN4O2. The Morgan fingerprint density at radius 3 is 2.43 bits per heavy atom. The fourth-order valence-corrected chi connectivity index (χ4v) is 3.01. The van der Waals surface area contributed by atoms with Crippen molar-refractivity contribution in [2.75, 3.05) is 36.0 Å². The van der Waals surface area contributed by atoms with Gasteiger partial charge in [0, 0.05) is 31.7 Å². The lowest BCUT2D eigenvalue weighted by Gasteiger charge is -2.37. The van der Waals surface area contributed by atoms with Gasteiger partial charge in [0.2, 0.25) is 5.91 Å². The number of carbonyl (C=O) groups is 1. The van der Waals surface area contributed by atoms with E-state index < -0.39 is 5.91 Å². The van der Waals surface area contributed by atoms with Crippen LogP contribution in [-0.4, -0.2) is 37.2 Å². The van der Waals surface area contributed by atoms with Gasteiger partial charge >= 0.3 is 0 Å². The van der Waals surface area contributed by atoms with Crippen molar-refractivity contribution < 1.29 is 13.7 Å². The lowest BCUT2D eigenvalue weighted by molar-refractivity contribution is 0.100. The molecule has 1 amide bonds. The van der Waals surface area contributed by atoms with Gasteiger partial charge in [-0.25, -0.2) is 4.39 Å². The number of aryl methyl sites for hydroxylation is 2. The Morgan fingerprint density at radius 1 is 1.22 bits per heavy atom. The Kier molecular flexibility index (Phi) is 3.94. The largest absolute Gasteiger partial charge is 0.366 e. The zero-order valence-electron chi connectivity index (χ0n) is 13.2. The molecule has 2 N–H and O–H groups in total. The van der Waals surface area contributed by atoms with E-state index >= 15 is 0 Å². The van der Waals surface area contributed by atoms with Crippen LogP contribution in [0.5, 0.6) is 0 Å². The highest BCUT2D eigenvalue weighted by Gasteiger charge is 2.24. The highest BCUT2D eigenvalue weighted by atomic mass is 19.1. The Hall–Kier alpha value is -2.57. The maximum absolute atomic E-state index is 14.1. The molecule has 0 saturated carbocycles. The zero-order valence-corrected chi connectivity index (χ0v) is 13.2. The molecular weight excluding hydrogens is 299 g/mol. The molecule has 1 aliphatic rings. The summed E-state index contributed by atoms with van der Waals surface area (Å²) in [5.74, 6) is -0.112. The lowest BCUT2D eigenvalue weighted by Crippen LogP contribution is -2.47. The van der Waals surface area contributed by atoms with Crippen LogP contribution >= 0.6 is 0 Å². The van der Waals surface area contributed by atoms with Crippen LogP contribution in [0, 0.1) is 19.7 Å². The van der Waals surface area contributed by atoms with Gasteiger partial charge in [-0.2, -0.15) is 0 Å². The van der Waals surface area contributed by atoms with Gasteiger partial charge in [-0.15, -0.1) is 0 Å². The third-order valence-corrected chi connectivity index (χ3v) is 4.16. The molecule has 23 heavy (non-hydrogen) atoms. The number of rotatable bonds is 3. The fraction of sp³-hybridized carbons (Fsp3) is 0.375. The fourth-order valence-electron chi connectivity index (χ4n) is 3.01. The molecule has 1 aromatic heterocycles. The molecule has 1 aliphatic heterocycles. The number of primary amides is 1. The molecule has 122 valence electrons. The minimum atomic E-state index is -0.555. The van der Waals surface area contributed by atoms with Gasteiger partial charge in [-0.1, -0.05) is 5.16 Å². The molecule has 0 unspecified atom stereocenters. The van der Waals surface area contributed by atoms with Crippen LogP contribution in [0.15, 0.2) is 22.7 Å². The zero-order chi connectivity index (χ0) is 16.6. The summed E-state index contributed by atoms with van der Waals surface area (Å²) in [5.41, 5.74) is 7.88. The summed E-state index contributed by atoms with van der Waals surface area (Å²) >= 11 is 0. The number of aromatic nitrogens is 1. The molecule has 0 aliphatic carbocycles. The average molecular weight is 318 g/mol. The molecule has 1 aromatic carbocycles. The second-order valence-corrected chi connectivity index (χ2v) is 5.68. The van der Waals surface area contributed by atoms with Gasteiger partial charge < -0.3 is 20.1 Å². The highest BCUT2D eigenvalue weighted by Crippen LogP contribution is 2.27. The molecule has 3 rings (SSSR count). The monoisotopic (exact) mass is 318 g/mol. The molecule has 2 heterocycles. The van der Waals surface area contributed by atoms with E-state index in [0.29, 0.717) is 24.3 Å². The van der Waals surface area contributed by atoms with Crippen LogP contribution in [0.25, 0.3) is 0 Å². The predicted molar refractivity (Wildman–Crippen MR) is 85.3 cm³/mol. The van der Waals surface area contributed by atoms with Crippen molar-refractivity contribution in [3.63, 3.8) is 0 Å². The van der Waals surface area contributed by atoms with Crippen LogP contribution in [0.1, 0.15) is 21.8 Å². The number of hydrogen-bond acceptors (Lipinski definition) is 5. The summed E-state index contributed by atoms with van der Waals surface area (Å²) in [6.07, 6.45) is 0. The average Bonchev–Trinajstić information content (AvgIpc) is 2.87. The second-order valence-electron chi connectivity index (χ2n) is 5.68. The van der Waals surface area contributed by atoms with Crippen LogP contribution in [0.4, 0.5) is 15.8 Å². The highest BCUT2D eigenvalue weighted by molar-refractivity contribution is 5.93. The van der Waals surface area contributed by atoms with Crippen molar-refractivity contribution in [3.8, 4) is 0 Å². The van der Waals surface area contributed by atoms with Crippen LogP contribution in [0.2, 0.25) is 0 Å². The maximum atomic E-state index is 14.1. The smallest absolute Gasteiger partial charge is 0.248 e. The van der Waals surface area contributed by atoms with Crippen molar-refractivity contribution in [1.29, 1.82) is 0 Å². The number of halogens is 1. The molecule has 0 atom stereocenters. The quantitative estimate of drug-likeness (QED) is 0.935. The van der Waals surface area contributed by atoms with Crippen LogP contribution in [0.3, 0.4) is 0 Å². The van der Waals surface area contributed by atoms with E-state index in [9.17, 15) is 9.18 Å². The number of benzene rings is 1. The molecule has 0 bridgehead atoms. The molecule has 1 fully saturated rings. The summed E-state index contributed by atoms with van der Waals surface area (Å²) < 4.78 is 19.3. The van der Waals surface area contributed by atoms with E-state index in [1.807, 2.05) is 18.7 Å². The number of amides is 1. The van der Waals surface area contributed by atoms with Crippen LogP contribution < -0.4 is 15.5 Å². The first kappa shape index (κ1) is 15.3. The number of nitrogens with zero attached hydrogens (tertiary/aromatic N) is 3. The normalized spacial score (nSPS) is 15.1. The van der Waals surface area contributed by atoms with Crippen molar-refractivity contribution in [1.82, 2.24) is 5.16 Å². The predicted octanol–water partition coefficient (Wildman–Crippen LogP) is 1.86. The number of piperazine rings is 1. The van der Waals surface area contributed by atoms with E-state index in [-0.39, 0.29) is 5.82 Å². The number of hydrogen-bond donors (Lipinski definition) is 1. The topological polar surface area (TPSA) is 75.6 Å². The minimum Gasteiger partial charge on any atom is -0.366 e. The first-order valence-corrected chi connectivity index (χ1v) is 7.49. The van der Waals surface area contributed by atoms with Crippen molar-refractivity contribution in [2.24, 2.45) is 5.73 Å². The maximum Gasteiger partial charge on any atom is 0.248 e. The minimum absolute atomic E-state index is 0.314. The van der Waals surface area contributed by atoms with Gasteiger partial charge in [0.1, 0.15) is 17.2 Å². The Labute approximate surface area is 133 Å². The standard InChI is InChI=1S/C16H19FN4O2/c1-10-15(11(2)23-19-10)21-7-5-20(6-8-21)14-9-12(16(18)22)3-4-13(14)17/h3-4,9H,5-8H2,1-2H3,(H2,18,22).